The topological polar surface area (TPSA) is 94.5 Å². The first-order valence-corrected chi connectivity index (χ1v) is 8.91. The van der Waals surface area contributed by atoms with Crippen LogP contribution in [0.4, 0.5) is 11.4 Å². The number of methoxy groups -OCH3 is 2. The third-order valence-electron chi connectivity index (χ3n) is 4.08. The number of nitrogens with one attached hydrogen (secondary N) is 2. The highest BCUT2D eigenvalue weighted by Gasteiger charge is 2.13. The number of rotatable bonds is 7. The normalized spacial score (nSPS) is 10.4. The van der Waals surface area contributed by atoms with Crippen LogP contribution >= 0.6 is 0 Å². The van der Waals surface area contributed by atoms with Crippen molar-refractivity contribution in [3.63, 3.8) is 0 Å². The van der Waals surface area contributed by atoms with Crippen molar-refractivity contribution in [2.24, 2.45) is 0 Å². The molecule has 0 bridgehead atoms. The lowest BCUT2D eigenvalue weighted by molar-refractivity contribution is -0.119. The molecule has 0 spiro atoms. The fourth-order valence-corrected chi connectivity index (χ4v) is 2.76. The summed E-state index contributed by atoms with van der Waals surface area (Å²) < 4.78 is 11.8. The zero-order valence-corrected chi connectivity index (χ0v) is 16.4. The van der Waals surface area contributed by atoms with E-state index in [0.29, 0.717) is 17.1 Å². The molecule has 0 aliphatic heterocycles. The lowest BCUT2D eigenvalue weighted by atomic mass is 10.2. The van der Waals surface area contributed by atoms with Crippen LogP contribution in [0.25, 0.3) is 5.69 Å². The monoisotopic (exact) mass is 394 g/mol. The lowest BCUT2D eigenvalue weighted by Crippen LogP contribution is -2.17. The Morgan fingerprint density at radius 1 is 1.03 bits per heavy atom. The van der Waals surface area contributed by atoms with Crippen LogP contribution in [-0.4, -0.2) is 42.4 Å². The van der Waals surface area contributed by atoms with E-state index in [4.69, 9.17) is 9.47 Å². The van der Waals surface area contributed by atoms with Crippen molar-refractivity contribution in [2.75, 3.05) is 31.5 Å². The Hall–Kier alpha value is -3.65. The van der Waals surface area contributed by atoms with E-state index in [1.165, 1.54) is 7.11 Å². The molecule has 8 nitrogen and oxygen atoms in total. The predicted molar refractivity (Wildman–Crippen MR) is 110 cm³/mol. The molecule has 1 heterocycles. The SMILES string of the molecule is COCC(=O)Nc1cccc(NC(=O)c2ccn(-c3cc(C)ccc3OC)n2)c1. The fraction of sp³-hybridized carbons (Fsp3) is 0.190. The van der Waals surface area contributed by atoms with Gasteiger partial charge in [0.25, 0.3) is 5.91 Å². The van der Waals surface area contributed by atoms with Gasteiger partial charge in [-0.05, 0) is 48.9 Å². The number of carbonyl (C=O) groups is 2. The summed E-state index contributed by atoms with van der Waals surface area (Å²) in [7, 11) is 3.03. The highest BCUT2D eigenvalue weighted by Crippen LogP contribution is 2.23. The zero-order chi connectivity index (χ0) is 20.8. The Balaban J connectivity index is 1.74. The molecule has 0 aliphatic rings. The first-order chi connectivity index (χ1) is 14.0. The Morgan fingerprint density at radius 3 is 2.52 bits per heavy atom. The van der Waals surface area contributed by atoms with Gasteiger partial charge in [0, 0.05) is 24.7 Å². The summed E-state index contributed by atoms with van der Waals surface area (Å²) in [5, 5.41) is 9.83. The first-order valence-electron chi connectivity index (χ1n) is 8.91. The Morgan fingerprint density at radius 2 is 1.79 bits per heavy atom. The number of aromatic nitrogens is 2. The molecule has 2 amide bonds. The minimum Gasteiger partial charge on any atom is -0.494 e. The van der Waals surface area contributed by atoms with Gasteiger partial charge in [-0.25, -0.2) is 4.68 Å². The van der Waals surface area contributed by atoms with Crippen LogP contribution in [0.1, 0.15) is 16.1 Å². The van der Waals surface area contributed by atoms with Gasteiger partial charge in [0.2, 0.25) is 5.91 Å². The molecular formula is C21H22N4O4. The van der Waals surface area contributed by atoms with Crippen LogP contribution in [0.2, 0.25) is 0 Å². The summed E-state index contributed by atoms with van der Waals surface area (Å²) in [6.45, 7) is 1.93. The molecule has 0 saturated heterocycles. The van der Waals surface area contributed by atoms with Crippen molar-refractivity contribution in [3.8, 4) is 11.4 Å². The van der Waals surface area contributed by atoms with Crippen LogP contribution in [0.5, 0.6) is 5.75 Å². The molecule has 0 radical (unpaired) electrons. The van der Waals surface area contributed by atoms with E-state index in [9.17, 15) is 9.59 Å². The number of benzene rings is 2. The maximum Gasteiger partial charge on any atom is 0.276 e. The smallest absolute Gasteiger partial charge is 0.276 e. The van der Waals surface area contributed by atoms with Crippen molar-refractivity contribution in [2.45, 2.75) is 6.92 Å². The van der Waals surface area contributed by atoms with Gasteiger partial charge in [-0.15, -0.1) is 0 Å². The summed E-state index contributed by atoms with van der Waals surface area (Å²) in [5.74, 6) is 0.0164. The van der Waals surface area contributed by atoms with Crippen LogP contribution in [-0.2, 0) is 9.53 Å². The van der Waals surface area contributed by atoms with E-state index in [-0.39, 0.29) is 24.1 Å². The van der Waals surface area contributed by atoms with Gasteiger partial charge in [0.15, 0.2) is 5.69 Å². The van der Waals surface area contributed by atoms with Crippen LogP contribution in [0.15, 0.2) is 54.7 Å². The average molecular weight is 394 g/mol. The minimum absolute atomic E-state index is 0.0452. The van der Waals surface area contributed by atoms with Gasteiger partial charge in [-0.3, -0.25) is 9.59 Å². The van der Waals surface area contributed by atoms with Crippen molar-refractivity contribution < 1.29 is 19.1 Å². The molecule has 0 aliphatic carbocycles. The number of carbonyl (C=O) groups excluding carboxylic acids is 2. The number of amides is 2. The van der Waals surface area contributed by atoms with E-state index in [1.54, 1.807) is 48.3 Å². The van der Waals surface area contributed by atoms with Crippen molar-refractivity contribution in [3.05, 3.63) is 66.0 Å². The van der Waals surface area contributed by atoms with E-state index < -0.39 is 0 Å². The van der Waals surface area contributed by atoms with Crippen LogP contribution in [0.3, 0.4) is 0 Å². The largest absolute Gasteiger partial charge is 0.494 e. The second-order valence-corrected chi connectivity index (χ2v) is 6.34. The maximum atomic E-state index is 12.6. The number of nitrogens with zero attached hydrogens (tertiary/aromatic N) is 2. The van der Waals surface area contributed by atoms with E-state index in [1.807, 2.05) is 25.1 Å². The molecule has 1 aromatic heterocycles. The summed E-state index contributed by atoms with van der Waals surface area (Å²) >= 11 is 0. The average Bonchev–Trinajstić information content (AvgIpc) is 3.18. The molecule has 3 rings (SSSR count). The second-order valence-electron chi connectivity index (χ2n) is 6.34. The number of anilines is 2. The summed E-state index contributed by atoms with van der Waals surface area (Å²) in [5.41, 5.74) is 3.14. The van der Waals surface area contributed by atoms with Crippen molar-refractivity contribution in [1.82, 2.24) is 9.78 Å². The molecule has 0 saturated carbocycles. The summed E-state index contributed by atoms with van der Waals surface area (Å²) in [6.07, 6.45) is 1.70. The molecule has 3 aromatic rings. The molecule has 29 heavy (non-hydrogen) atoms. The van der Waals surface area contributed by atoms with Crippen LogP contribution in [0, 0.1) is 6.92 Å². The molecule has 0 unspecified atom stereocenters. The molecule has 2 N–H and O–H groups in total. The molecule has 150 valence electrons. The van der Waals surface area contributed by atoms with Gasteiger partial charge < -0.3 is 20.1 Å². The van der Waals surface area contributed by atoms with Gasteiger partial charge in [-0.2, -0.15) is 5.10 Å². The lowest BCUT2D eigenvalue weighted by Gasteiger charge is -2.09. The first kappa shape index (κ1) is 20.1. The Kier molecular flexibility index (Phi) is 6.25. The molecule has 0 atom stereocenters. The molecule has 0 fully saturated rings. The molecule has 2 aromatic carbocycles. The maximum absolute atomic E-state index is 12.6. The van der Waals surface area contributed by atoms with Gasteiger partial charge in [-0.1, -0.05) is 12.1 Å². The second kappa shape index (κ2) is 9.03. The van der Waals surface area contributed by atoms with E-state index in [2.05, 4.69) is 15.7 Å². The van der Waals surface area contributed by atoms with E-state index in [0.717, 1.165) is 11.3 Å². The zero-order valence-electron chi connectivity index (χ0n) is 16.4. The summed E-state index contributed by atoms with van der Waals surface area (Å²) in [4.78, 5) is 24.2. The fourth-order valence-electron chi connectivity index (χ4n) is 2.76. The predicted octanol–water partition coefficient (Wildman–Crippen LogP) is 3.03. The molecule has 8 heteroatoms. The number of ether oxygens (including phenoxy) is 2. The Labute approximate surface area is 168 Å². The quantitative estimate of drug-likeness (QED) is 0.642. The number of hydrogen-bond donors (Lipinski definition) is 2. The van der Waals surface area contributed by atoms with Gasteiger partial charge in [0.1, 0.15) is 18.0 Å². The third kappa shape index (κ3) is 4.99. The summed E-state index contributed by atoms with van der Waals surface area (Å²) in [6, 6.07) is 14.2. The van der Waals surface area contributed by atoms with Gasteiger partial charge in [0.05, 0.1) is 7.11 Å². The molecular weight excluding hydrogens is 372 g/mol. The number of aryl methyl sites for hydroxylation is 1. The Bertz CT molecular complexity index is 1030. The van der Waals surface area contributed by atoms with E-state index >= 15 is 0 Å². The third-order valence-corrected chi connectivity index (χ3v) is 4.08. The highest BCUT2D eigenvalue weighted by molar-refractivity contribution is 6.03. The van der Waals surface area contributed by atoms with Gasteiger partial charge >= 0.3 is 0 Å². The van der Waals surface area contributed by atoms with Crippen molar-refractivity contribution in [1.29, 1.82) is 0 Å². The highest BCUT2D eigenvalue weighted by atomic mass is 16.5. The number of hydrogen-bond acceptors (Lipinski definition) is 5. The van der Waals surface area contributed by atoms with Crippen LogP contribution < -0.4 is 15.4 Å². The standard InChI is InChI=1S/C21H22N4O4/c1-14-7-8-19(29-3)18(11-14)25-10-9-17(24-25)21(27)23-16-6-4-5-15(12-16)22-20(26)13-28-2/h4-12H,13H2,1-3H3,(H,22,26)(H,23,27). The van der Waals surface area contributed by atoms with Crippen molar-refractivity contribution >= 4 is 23.2 Å². The minimum atomic E-state index is -0.365.